The molecule has 3 rings (SSSR count). The van der Waals surface area contributed by atoms with Crippen LogP contribution in [0, 0.1) is 0 Å². The van der Waals surface area contributed by atoms with Gasteiger partial charge in [-0.25, -0.2) is 0 Å². The molecule has 0 spiro atoms. The van der Waals surface area contributed by atoms with Gasteiger partial charge in [-0.2, -0.15) is 0 Å². The molecule has 0 aliphatic carbocycles. The van der Waals surface area contributed by atoms with Crippen molar-refractivity contribution in [1.29, 1.82) is 0 Å². The molecule has 0 fully saturated rings. The van der Waals surface area contributed by atoms with Crippen LogP contribution >= 0.6 is 0 Å². The predicted octanol–water partition coefficient (Wildman–Crippen LogP) is -0.289. The molecule has 9 nitrogen and oxygen atoms in total. The van der Waals surface area contributed by atoms with E-state index in [9.17, 15) is 24.3 Å². The average Bonchev–Trinajstić information content (AvgIpc) is 2.82. The summed E-state index contributed by atoms with van der Waals surface area (Å²) < 4.78 is 1.00. The number of hydrogen-bond donors (Lipinski definition) is 3. The average molecular weight is 342 g/mol. The molecule has 2 heterocycles. The first-order valence-electron chi connectivity index (χ1n) is 7.18. The number of nitrogens with two attached hydrogens (primary N) is 1. The molecule has 0 radical (unpaired) electrons. The lowest BCUT2D eigenvalue weighted by Gasteiger charge is -2.15. The predicted molar refractivity (Wildman–Crippen MR) is 87.9 cm³/mol. The molecule has 1 aliphatic heterocycles. The van der Waals surface area contributed by atoms with E-state index in [2.05, 4.69) is 5.32 Å². The molecular weight excluding hydrogens is 328 g/mol. The standard InChI is InChI=1S/C16H14N4O5/c1-19(2)16(25)8-5-7(3-4-10(8)21)20-11(22)6-9-12(13(20)17)15(24)18-14(9)23/h3-6,21H,17H2,1-2H3,(H,18,23,24). The minimum atomic E-state index is -0.699. The Bertz CT molecular complexity index is 1010. The smallest absolute Gasteiger partial charge is 0.262 e. The molecule has 3 amide bonds. The third kappa shape index (κ3) is 2.42. The van der Waals surface area contributed by atoms with Gasteiger partial charge < -0.3 is 15.7 Å². The maximum atomic E-state index is 12.4. The highest BCUT2D eigenvalue weighted by Crippen LogP contribution is 2.26. The number of phenols is 1. The SMILES string of the molecule is CN(C)C(=O)c1cc(-n2c(N)c3c(cc2=O)C(=O)NC3=O)ccc1O. The van der Waals surface area contributed by atoms with Gasteiger partial charge in [0, 0.05) is 20.2 Å². The molecule has 0 unspecified atom stereocenters. The minimum absolute atomic E-state index is 0.0326. The van der Waals surface area contributed by atoms with Crippen LogP contribution in [0.25, 0.3) is 5.69 Å². The van der Waals surface area contributed by atoms with Crippen LogP contribution in [0.5, 0.6) is 5.75 Å². The first-order valence-corrected chi connectivity index (χ1v) is 7.18. The summed E-state index contributed by atoms with van der Waals surface area (Å²) in [7, 11) is 3.03. The Morgan fingerprint density at radius 3 is 2.48 bits per heavy atom. The number of phenolic OH excluding ortho intramolecular Hbond substituents is 1. The summed E-state index contributed by atoms with van der Waals surface area (Å²) in [5.41, 5.74) is 5.25. The fraction of sp³-hybridized carbons (Fsp3) is 0.125. The number of pyridine rings is 1. The molecule has 1 aliphatic rings. The number of nitrogens with one attached hydrogen (secondary N) is 1. The summed E-state index contributed by atoms with van der Waals surface area (Å²) in [6.45, 7) is 0. The number of carbonyl (C=O) groups is 3. The summed E-state index contributed by atoms with van der Waals surface area (Å²) in [6, 6.07) is 4.92. The third-order valence-electron chi connectivity index (χ3n) is 3.83. The van der Waals surface area contributed by atoms with Crippen molar-refractivity contribution in [2.45, 2.75) is 0 Å². The normalized spacial score (nSPS) is 12.7. The van der Waals surface area contributed by atoms with E-state index >= 15 is 0 Å². The third-order valence-corrected chi connectivity index (χ3v) is 3.83. The van der Waals surface area contributed by atoms with Crippen LogP contribution in [0.15, 0.2) is 29.1 Å². The maximum Gasteiger partial charge on any atom is 0.262 e. The zero-order valence-electron chi connectivity index (χ0n) is 13.4. The second-order valence-electron chi connectivity index (χ2n) is 5.68. The van der Waals surface area contributed by atoms with Crippen molar-refractivity contribution >= 4 is 23.5 Å². The van der Waals surface area contributed by atoms with E-state index in [1.54, 1.807) is 0 Å². The molecule has 1 aromatic heterocycles. The topological polar surface area (TPSA) is 135 Å². The lowest BCUT2D eigenvalue weighted by molar-refractivity contribution is 0.0822. The Balaban J connectivity index is 2.26. The van der Waals surface area contributed by atoms with E-state index in [0.717, 1.165) is 10.6 Å². The second-order valence-corrected chi connectivity index (χ2v) is 5.68. The van der Waals surface area contributed by atoms with Crippen molar-refractivity contribution in [3.05, 3.63) is 51.3 Å². The van der Waals surface area contributed by atoms with Gasteiger partial charge in [0.25, 0.3) is 23.3 Å². The lowest BCUT2D eigenvalue weighted by Crippen LogP contribution is -2.25. The number of imide groups is 1. The summed E-state index contributed by atoms with van der Waals surface area (Å²) in [5.74, 6) is -2.34. The zero-order chi connectivity index (χ0) is 18.5. The number of carbonyl (C=O) groups excluding carboxylic acids is 3. The minimum Gasteiger partial charge on any atom is -0.507 e. The molecule has 4 N–H and O–H groups in total. The monoisotopic (exact) mass is 342 g/mol. The quantitative estimate of drug-likeness (QED) is 0.642. The number of nitrogens with zero attached hydrogens (tertiary/aromatic N) is 2. The number of aromatic hydroxyl groups is 1. The molecule has 25 heavy (non-hydrogen) atoms. The molecule has 128 valence electrons. The fourth-order valence-corrected chi connectivity index (χ4v) is 2.62. The van der Waals surface area contributed by atoms with Gasteiger partial charge >= 0.3 is 0 Å². The number of anilines is 1. The molecule has 1 aromatic carbocycles. The summed E-state index contributed by atoms with van der Waals surface area (Å²) >= 11 is 0. The van der Waals surface area contributed by atoms with E-state index in [4.69, 9.17) is 5.73 Å². The number of nitrogen functional groups attached to an aromatic ring is 1. The Hall–Kier alpha value is -3.62. The number of rotatable bonds is 2. The Morgan fingerprint density at radius 1 is 1.16 bits per heavy atom. The van der Waals surface area contributed by atoms with Gasteiger partial charge in [0.2, 0.25) is 0 Å². The summed E-state index contributed by atoms with van der Waals surface area (Å²) in [4.78, 5) is 49.3. The van der Waals surface area contributed by atoms with Crippen LogP contribution < -0.4 is 16.6 Å². The largest absolute Gasteiger partial charge is 0.507 e. The van der Waals surface area contributed by atoms with Crippen molar-refractivity contribution in [2.24, 2.45) is 0 Å². The van der Waals surface area contributed by atoms with Gasteiger partial charge in [0.15, 0.2) is 0 Å². The zero-order valence-corrected chi connectivity index (χ0v) is 13.4. The van der Waals surface area contributed by atoms with Crippen molar-refractivity contribution in [3.63, 3.8) is 0 Å². The number of fused-ring (bicyclic) bond motifs is 1. The van der Waals surface area contributed by atoms with Gasteiger partial charge in [-0.15, -0.1) is 0 Å². The van der Waals surface area contributed by atoms with Crippen LogP contribution in [0.2, 0.25) is 0 Å². The van der Waals surface area contributed by atoms with Crippen LogP contribution in [0.1, 0.15) is 31.1 Å². The molecule has 9 heteroatoms. The van der Waals surface area contributed by atoms with Crippen LogP contribution in [-0.4, -0.2) is 46.4 Å². The van der Waals surface area contributed by atoms with Gasteiger partial charge in [-0.05, 0) is 18.2 Å². The lowest BCUT2D eigenvalue weighted by atomic mass is 10.1. The van der Waals surface area contributed by atoms with Gasteiger partial charge in [0.1, 0.15) is 11.6 Å². The summed E-state index contributed by atoms with van der Waals surface area (Å²) in [5, 5.41) is 12.0. The van der Waals surface area contributed by atoms with Gasteiger partial charge in [-0.1, -0.05) is 0 Å². The first-order chi connectivity index (χ1) is 11.7. The van der Waals surface area contributed by atoms with Crippen molar-refractivity contribution < 1.29 is 19.5 Å². The fourth-order valence-electron chi connectivity index (χ4n) is 2.62. The molecule has 0 saturated carbocycles. The van der Waals surface area contributed by atoms with Gasteiger partial charge in [0.05, 0.1) is 22.4 Å². The maximum absolute atomic E-state index is 12.4. The van der Waals surface area contributed by atoms with Crippen LogP contribution in [0.3, 0.4) is 0 Å². The molecular formula is C16H14N4O5. The van der Waals surface area contributed by atoms with E-state index in [0.29, 0.717) is 0 Å². The van der Waals surface area contributed by atoms with Crippen LogP contribution in [-0.2, 0) is 0 Å². The number of aromatic nitrogens is 1. The van der Waals surface area contributed by atoms with Crippen molar-refractivity contribution in [3.8, 4) is 11.4 Å². The Kier molecular flexibility index (Phi) is 3.56. The highest BCUT2D eigenvalue weighted by atomic mass is 16.3. The molecule has 0 bridgehead atoms. The van der Waals surface area contributed by atoms with Crippen LogP contribution in [0.4, 0.5) is 5.82 Å². The number of hydrogen-bond acceptors (Lipinski definition) is 6. The Morgan fingerprint density at radius 2 is 1.84 bits per heavy atom. The highest BCUT2D eigenvalue weighted by Gasteiger charge is 2.32. The summed E-state index contributed by atoms with van der Waals surface area (Å²) in [6.07, 6.45) is 0. The second kappa shape index (κ2) is 5.48. The Labute approximate surface area is 141 Å². The van der Waals surface area contributed by atoms with Crippen molar-refractivity contribution in [2.75, 3.05) is 19.8 Å². The molecule has 2 aromatic rings. The van der Waals surface area contributed by atoms with E-state index in [1.165, 1.54) is 37.2 Å². The molecule has 0 saturated heterocycles. The van der Waals surface area contributed by atoms with Gasteiger partial charge in [-0.3, -0.25) is 29.1 Å². The van der Waals surface area contributed by atoms with E-state index in [-0.39, 0.29) is 33.9 Å². The number of amides is 3. The molecule has 0 atom stereocenters. The number of benzene rings is 1. The van der Waals surface area contributed by atoms with E-state index in [1.807, 2.05) is 0 Å². The van der Waals surface area contributed by atoms with Crippen molar-refractivity contribution in [1.82, 2.24) is 14.8 Å². The highest BCUT2D eigenvalue weighted by molar-refractivity contribution is 6.23. The van der Waals surface area contributed by atoms with E-state index < -0.39 is 23.3 Å². The first kappa shape index (κ1) is 16.2.